The highest BCUT2D eigenvalue weighted by molar-refractivity contribution is 6.01. The molecule has 3 saturated carbocycles. The fourth-order valence-electron chi connectivity index (χ4n) is 7.96. The third-order valence-corrected chi connectivity index (χ3v) is 8.82. The lowest BCUT2D eigenvalue weighted by Gasteiger charge is -2.65. The number of rotatable bonds is 2. The highest BCUT2D eigenvalue weighted by Gasteiger charge is 2.66. The molecular formula is C23H33NO2. The quantitative estimate of drug-likeness (QED) is 0.741. The number of allylic oxidation sites excluding steroid dienone is 4. The summed E-state index contributed by atoms with van der Waals surface area (Å²) in [5.41, 5.74) is 9.35. The number of hydrogen-bond acceptors (Lipinski definition) is 3. The fraction of sp³-hybridized carbons (Fsp3) is 0.696. The van der Waals surface area contributed by atoms with E-state index in [0.29, 0.717) is 17.8 Å². The Labute approximate surface area is 157 Å². The number of aliphatic hydroxyl groups excluding tert-OH is 1. The molecule has 3 fully saturated rings. The molecule has 0 spiro atoms. The number of nitrogens with two attached hydrogens (primary N) is 1. The molecule has 7 unspecified atom stereocenters. The van der Waals surface area contributed by atoms with Gasteiger partial charge < -0.3 is 10.8 Å². The maximum absolute atomic E-state index is 11.9. The third-order valence-electron chi connectivity index (χ3n) is 8.82. The van der Waals surface area contributed by atoms with Crippen LogP contribution < -0.4 is 5.73 Å². The number of aliphatic hydroxyl groups is 1. The first-order chi connectivity index (χ1) is 12.2. The Morgan fingerprint density at radius 1 is 1.31 bits per heavy atom. The van der Waals surface area contributed by atoms with Gasteiger partial charge in [-0.2, -0.15) is 0 Å². The SMILES string of the molecule is C=C(CO)C1CCC2C1(C)CC(N)C1C3(C)C=CC(=O)C=C3CCC12C. The summed E-state index contributed by atoms with van der Waals surface area (Å²) in [5, 5.41) is 9.70. The van der Waals surface area contributed by atoms with Gasteiger partial charge in [0.2, 0.25) is 0 Å². The zero-order valence-corrected chi connectivity index (χ0v) is 16.4. The summed E-state index contributed by atoms with van der Waals surface area (Å²) >= 11 is 0. The Morgan fingerprint density at radius 3 is 2.73 bits per heavy atom. The molecule has 0 aromatic carbocycles. The molecule has 0 aromatic heterocycles. The second-order valence-electron chi connectivity index (χ2n) is 10.0. The van der Waals surface area contributed by atoms with Crippen molar-refractivity contribution in [1.82, 2.24) is 0 Å². The van der Waals surface area contributed by atoms with Crippen molar-refractivity contribution in [3.63, 3.8) is 0 Å². The van der Waals surface area contributed by atoms with E-state index >= 15 is 0 Å². The molecule has 4 rings (SSSR count). The lowest BCUT2D eigenvalue weighted by molar-refractivity contribution is -0.116. The third kappa shape index (κ3) is 2.16. The normalized spacial score (nSPS) is 49.9. The molecule has 0 heterocycles. The van der Waals surface area contributed by atoms with Crippen LogP contribution in [0.15, 0.2) is 36.0 Å². The van der Waals surface area contributed by atoms with Crippen molar-refractivity contribution in [2.75, 3.05) is 6.61 Å². The van der Waals surface area contributed by atoms with Crippen LogP contribution >= 0.6 is 0 Å². The monoisotopic (exact) mass is 355 g/mol. The fourth-order valence-corrected chi connectivity index (χ4v) is 7.96. The second-order valence-corrected chi connectivity index (χ2v) is 10.0. The summed E-state index contributed by atoms with van der Waals surface area (Å²) in [6, 6.07) is 0.0971. The van der Waals surface area contributed by atoms with Crippen molar-refractivity contribution in [2.24, 2.45) is 39.7 Å². The molecule has 4 aliphatic rings. The minimum Gasteiger partial charge on any atom is -0.392 e. The summed E-state index contributed by atoms with van der Waals surface area (Å²) < 4.78 is 0. The number of ketones is 1. The van der Waals surface area contributed by atoms with Gasteiger partial charge in [-0.15, -0.1) is 0 Å². The molecular weight excluding hydrogens is 322 g/mol. The maximum atomic E-state index is 11.9. The maximum Gasteiger partial charge on any atom is 0.178 e. The van der Waals surface area contributed by atoms with Gasteiger partial charge in [0, 0.05) is 11.5 Å². The molecule has 0 bridgehead atoms. The van der Waals surface area contributed by atoms with Gasteiger partial charge in [0.05, 0.1) is 6.61 Å². The first kappa shape index (κ1) is 18.2. The van der Waals surface area contributed by atoms with Crippen molar-refractivity contribution in [2.45, 2.75) is 58.9 Å². The highest BCUT2D eigenvalue weighted by Crippen LogP contribution is 2.71. The lowest BCUT2D eigenvalue weighted by Crippen LogP contribution is -2.63. The van der Waals surface area contributed by atoms with Crippen molar-refractivity contribution < 1.29 is 9.90 Å². The molecule has 0 aliphatic heterocycles. The van der Waals surface area contributed by atoms with Gasteiger partial charge in [-0.3, -0.25) is 4.79 Å². The minimum absolute atomic E-state index is 0.0812. The molecule has 0 radical (unpaired) electrons. The standard InChI is InChI=1S/C23H33NO2/c1-14(13-25)17-5-6-19-22(3)9-7-15-11-16(26)8-10-21(15,2)20(22)18(24)12-23(17,19)4/h8,10-11,17-20,25H,1,5-7,9,12-13,24H2,2-4H3. The van der Waals surface area contributed by atoms with Crippen molar-refractivity contribution in [3.05, 3.63) is 36.0 Å². The van der Waals surface area contributed by atoms with Crippen LogP contribution in [-0.2, 0) is 4.79 Å². The van der Waals surface area contributed by atoms with Crippen LogP contribution in [0.3, 0.4) is 0 Å². The van der Waals surface area contributed by atoms with E-state index in [1.54, 1.807) is 6.08 Å². The summed E-state index contributed by atoms with van der Waals surface area (Å²) in [4.78, 5) is 11.9. The Balaban J connectivity index is 1.78. The van der Waals surface area contributed by atoms with E-state index in [4.69, 9.17) is 5.73 Å². The van der Waals surface area contributed by atoms with E-state index in [1.807, 2.05) is 6.08 Å². The zero-order valence-electron chi connectivity index (χ0n) is 16.4. The van der Waals surface area contributed by atoms with Crippen LogP contribution in [0.1, 0.15) is 52.9 Å². The molecule has 142 valence electrons. The molecule has 3 heteroatoms. The molecule has 0 amide bonds. The van der Waals surface area contributed by atoms with Gasteiger partial charge in [-0.25, -0.2) is 0 Å². The van der Waals surface area contributed by atoms with Gasteiger partial charge in [0.25, 0.3) is 0 Å². The van der Waals surface area contributed by atoms with Gasteiger partial charge in [-0.1, -0.05) is 39.0 Å². The molecule has 0 aromatic rings. The first-order valence-electron chi connectivity index (χ1n) is 10.1. The second kappa shape index (κ2) is 5.65. The van der Waals surface area contributed by atoms with E-state index in [9.17, 15) is 9.90 Å². The summed E-state index contributed by atoms with van der Waals surface area (Å²) in [5.74, 6) is 1.45. The number of hydrogen-bond donors (Lipinski definition) is 2. The number of carbonyl (C=O) groups is 1. The van der Waals surface area contributed by atoms with Crippen LogP contribution in [0.4, 0.5) is 0 Å². The van der Waals surface area contributed by atoms with E-state index in [0.717, 1.165) is 31.3 Å². The van der Waals surface area contributed by atoms with Crippen LogP contribution in [-0.4, -0.2) is 23.5 Å². The Hall–Kier alpha value is -1.19. The van der Waals surface area contributed by atoms with Gasteiger partial charge in [0.1, 0.15) is 0 Å². The van der Waals surface area contributed by atoms with Crippen LogP contribution in [0, 0.1) is 34.0 Å². The molecule has 3 N–H and O–H groups in total. The summed E-state index contributed by atoms with van der Waals surface area (Å²) in [7, 11) is 0. The summed E-state index contributed by atoms with van der Waals surface area (Å²) in [6.07, 6.45) is 11.1. The molecule has 0 saturated heterocycles. The molecule has 4 aliphatic carbocycles. The predicted molar refractivity (Wildman–Crippen MR) is 104 cm³/mol. The van der Waals surface area contributed by atoms with Crippen LogP contribution in [0.2, 0.25) is 0 Å². The number of fused-ring (bicyclic) bond motifs is 5. The van der Waals surface area contributed by atoms with E-state index < -0.39 is 0 Å². The lowest BCUT2D eigenvalue weighted by atomic mass is 9.40. The first-order valence-corrected chi connectivity index (χ1v) is 10.1. The topological polar surface area (TPSA) is 63.3 Å². The van der Waals surface area contributed by atoms with E-state index in [-0.39, 0.29) is 34.7 Å². The number of carbonyl (C=O) groups excluding carboxylic acids is 1. The average molecular weight is 356 g/mol. The van der Waals surface area contributed by atoms with E-state index in [2.05, 4.69) is 33.4 Å². The smallest absolute Gasteiger partial charge is 0.178 e. The van der Waals surface area contributed by atoms with Crippen LogP contribution in [0.25, 0.3) is 0 Å². The van der Waals surface area contributed by atoms with Crippen molar-refractivity contribution in [3.8, 4) is 0 Å². The average Bonchev–Trinajstić information content (AvgIpc) is 2.92. The Morgan fingerprint density at radius 2 is 2.04 bits per heavy atom. The summed E-state index contributed by atoms with van der Waals surface area (Å²) in [6.45, 7) is 11.4. The zero-order chi connectivity index (χ0) is 18.9. The molecule has 26 heavy (non-hydrogen) atoms. The van der Waals surface area contributed by atoms with Crippen molar-refractivity contribution >= 4 is 5.78 Å². The molecule has 7 atom stereocenters. The van der Waals surface area contributed by atoms with Gasteiger partial charge >= 0.3 is 0 Å². The largest absolute Gasteiger partial charge is 0.392 e. The Kier molecular flexibility index (Phi) is 3.95. The van der Waals surface area contributed by atoms with Crippen LogP contribution in [0.5, 0.6) is 0 Å². The Bertz CT molecular complexity index is 722. The van der Waals surface area contributed by atoms with Crippen molar-refractivity contribution in [1.29, 1.82) is 0 Å². The minimum atomic E-state index is -0.103. The molecule has 3 nitrogen and oxygen atoms in total. The van der Waals surface area contributed by atoms with E-state index in [1.165, 1.54) is 12.0 Å². The predicted octanol–water partition coefficient (Wildman–Crippen LogP) is 3.79. The highest BCUT2D eigenvalue weighted by atomic mass is 16.3. The van der Waals surface area contributed by atoms with Gasteiger partial charge in [0.15, 0.2) is 5.78 Å². The van der Waals surface area contributed by atoms with Gasteiger partial charge in [-0.05, 0) is 78.4 Å².